The van der Waals surface area contributed by atoms with Gasteiger partial charge in [-0.3, -0.25) is 4.90 Å². The van der Waals surface area contributed by atoms with E-state index in [0.29, 0.717) is 0 Å². The van der Waals surface area contributed by atoms with Crippen molar-refractivity contribution in [3.63, 3.8) is 0 Å². The Balaban J connectivity index is 1.59. The van der Waals surface area contributed by atoms with Gasteiger partial charge in [0.05, 0.1) is 6.54 Å². The van der Waals surface area contributed by atoms with Gasteiger partial charge in [-0.2, -0.15) is 4.98 Å². The van der Waals surface area contributed by atoms with E-state index in [9.17, 15) is 0 Å². The largest absolute Gasteiger partial charge is 0.339 e. The molecule has 3 heterocycles. The molecule has 1 N–H and O–H groups in total. The summed E-state index contributed by atoms with van der Waals surface area (Å²) in [5.41, 5.74) is 0. The van der Waals surface area contributed by atoms with Crippen molar-refractivity contribution in [2.75, 3.05) is 26.2 Å². The first kappa shape index (κ1) is 10.2. The summed E-state index contributed by atoms with van der Waals surface area (Å²) in [6.07, 6.45) is 0.822. The Morgan fingerprint density at radius 1 is 1.38 bits per heavy atom. The Hall–Kier alpha value is -0.940. The molecule has 0 amide bonds. The number of hydrogen-bond acceptors (Lipinski definition) is 5. The number of aromatic nitrogens is 2. The molecule has 1 aromatic heterocycles. The Morgan fingerprint density at radius 2 is 2.12 bits per heavy atom. The minimum absolute atomic E-state index is 0.746. The predicted octanol–water partition coefficient (Wildman–Crippen LogP) is 0.283. The lowest BCUT2D eigenvalue weighted by Crippen LogP contribution is -2.25. The molecule has 5 nitrogen and oxygen atoms in total. The van der Waals surface area contributed by atoms with Crippen LogP contribution in [0.3, 0.4) is 0 Å². The van der Waals surface area contributed by atoms with Crippen LogP contribution in [0.25, 0.3) is 0 Å². The number of likely N-dealkylation sites (tertiary alicyclic amines) is 1. The third-order valence-corrected chi connectivity index (χ3v) is 3.64. The molecular formula is C11H18N4O. The average molecular weight is 222 g/mol. The molecule has 0 bridgehead atoms. The second kappa shape index (κ2) is 4.14. The molecule has 88 valence electrons. The van der Waals surface area contributed by atoms with Crippen LogP contribution in [-0.4, -0.2) is 41.2 Å². The topological polar surface area (TPSA) is 54.2 Å². The maximum atomic E-state index is 5.12. The molecule has 5 heteroatoms. The van der Waals surface area contributed by atoms with Gasteiger partial charge < -0.3 is 9.84 Å². The molecule has 2 atom stereocenters. The summed E-state index contributed by atoms with van der Waals surface area (Å²) < 4.78 is 5.12. The molecule has 16 heavy (non-hydrogen) atoms. The van der Waals surface area contributed by atoms with E-state index in [2.05, 4.69) is 20.4 Å². The maximum absolute atomic E-state index is 5.12. The zero-order valence-electron chi connectivity index (χ0n) is 9.65. The summed E-state index contributed by atoms with van der Waals surface area (Å²) in [5, 5.41) is 7.45. The van der Waals surface area contributed by atoms with Crippen LogP contribution < -0.4 is 5.32 Å². The number of aryl methyl sites for hydroxylation is 1. The van der Waals surface area contributed by atoms with Gasteiger partial charge in [0.1, 0.15) is 0 Å². The molecule has 2 fully saturated rings. The van der Waals surface area contributed by atoms with Gasteiger partial charge in [0.15, 0.2) is 5.82 Å². The first-order chi connectivity index (χ1) is 7.85. The normalized spacial score (nSPS) is 29.8. The van der Waals surface area contributed by atoms with E-state index < -0.39 is 0 Å². The van der Waals surface area contributed by atoms with Crippen LogP contribution in [0.15, 0.2) is 4.52 Å². The SMILES string of the molecule is CCc1nc(CN2CC3CNCC3C2)no1. The van der Waals surface area contributed by atoms with Gasteiger partial charge in [0.2, 0.25) is 5.89 Å². The molecule has 0 saturated carbocycles. The first-order valence-electron chi connectivity index (χ1n) is 6.09. The zero-order chi connectivity index (χ0) is 11.0. The van der Waals surface area contributed by atoms with Gasteiger partial charge >= 0.3 is 0 Å². The highest BCUT2D eigenvalue weighted by Crippen LogP contribution is 2.26. The summed E-state index contributed by atoms with van der Waals surface area (Å²) >= 11 is 0. The highest BCUT2D eigenvalue weighted by Gasteiger charge is 2.36. The van der Waals surface area contributed by atoms with Crippen molar-refractivity contribution in [3.05, 3.63) is 11.7 Å². The quantitative estimate of drug-likeness (QED) is 0.796. The summed E-state index contributed by atoms with van der Waals surface area (Å²) in [6, 6.07) is 0. The number of nitrogens with zero attached hydrogens (tertiary/aromatic N) is 3. The van der Waals surface area contributed by atoms with Crippen LogP contribution in [0.1, 0.15) is 18.6 Å². The van der Waals surface area contributed by atoms with Gasteiger partial charge in [-0.05, 0) is 24.9 Å². The van der Waals surface area contributed by atoms with Crippen molar-refractivity contribution >= 4 is 0 Å². The van der Waals surface area contributed by atoms with Crippen LogP contribution in [0.4, 0.5) is 0 Å². The standard InChI is InChI=1S/C11H18N4O/c1-2-11-13-10(14-16-11)7-15-5-8-3-12-4-9(8)6-15/h8-9,12H,2-7H2,1H3. The lowest BCUT2D eigenvalue weighted by molar-refractivity contribution is 0.289. The van der Waals surface area contributed by atoms with Gasteiger partial charge in [0, 0.05) is 19.5 Å². The Kier molecular flexibility index (Phi) is 2.65. The second-order valence-electron chi connectivity index (χ2n) is 4.83. The molecule has 2 aliphatic heterocycles. The molecule has 0 aliphatic carbocycles. The summed E-state index contributed by atoms with van der Waals surface area (Å²) in [4.78, 5) is 6.80. The van der Waals surface area contributed by atoms with Crippen molar-refractivity contribution < 1.29 is 4.52 Å². The van der Waals surface area contributed by atoms with Crippen LogP contribution >= 0.6 is 0 Å². The highest BCUT2D eigenvalue weighted by molar-refractivity contribution is 4.94. The van der Waals surface area contributed by atoms with E-state index in [-0.39, 0.29) is 0 Å². The number of hydrogen-bond donors (Lipinski definition) is 1. The monoisotopic (exact) mass is 222 g/mol. The minimum Gasteiger partial charge on any atom is -0.339 e. The Bertz CT molecular complexity index is 353. The molecule has 0 aromatic carbocycles. The lowest BCUT2D eigenvalue weighted by Gasteiger charge is -2.13. The van der Waals surface area contributed by atoms with E-state index in [1.54, 1.807) is 0 Å². The average Bonchev–Trinajstić information content (AvgIpc) is 2.92. The number of fused-ring (bicyclic) bond motifs is 1. The predicted molar refractivity (Wildman–Crippen MR) is 58.8 cm³/mol. The number of rotatable bonds is 3. The molecule has 2 saturated heterocycles. The van der Waals surface area contributed by atoms with Gasteiger partial charge in [-0.25, -0.2) is 0 Å². The van der Waals surface area contributed by atoms with Crippen molar-refractivity contribution in [2.45, 2.75) is 19.9 Å². The summed E-state index contributed by atoms with van der Waals surface area (Å²) in [5.74, 6) is 3.25. The molecule has 2 unspecified atom stereocenters. The third-order valence-electron chi connectivity index (χ3n) is 3.64. The fourth-order valence-corrected chi connectivity index (χ4v) is 2.78. The van der Waals surface area contributed by atoms with Crippen molar-refractivity contribution in [1.82, 2.24) is 20.4 Å². The van der Waals surface area contributed by atoms with Crippen molar-refractivity contribution in [2.24, 2.45) is 11.8 Å². The third kappa shape index (κ3) is 1.85. The van der Waals surface area contributed by atoms with E-state index in [4.69, 9.17) is 4.52 Å². The first-order valence-corrected chi connectivity index (χ1v) is 6.09. The molecular weight excluding hydrogens is 204 g/mol. The van der Waals surface area contributed by atoms with Gasteiger partial charge in [0.25, 0.3) is 0 Å². The Morgan fingerprint density at radius 3 is 2.75 bits per heavy atom. The highest BCUT2D eigenvalue weighted by atomic mass is 16.5. The fraction of sp³-hybridized carbons (Fsp3) is 0.818. The lowest BCUT2D eigenvalue weighted by atomic mass is 10.0. The molecule has 1 aromatic rings. The zero-order valence-corrected chi connectivity index (χ0v) is 9.65. The minimum atomic E-state index is 0.746. The van der Waals surface area contributed by atoms with Gasteiger partial charge in [-0.15, -0.1) is 0 Å². The van der Waals surface area contributed by atoms with E-state index in [1.165, 1.54) is 26.2 Å². The van der Waals surface area contributed by atoms with E-state index in [1.807, 2.05) is 6.92 Å². The molecule has 3 rings (SSSR count). The van der Waals surface area contributed by atoms with Crippen molar-refractivity contribution in [3.8, 4) is 0 Å². The molecule has 0 spiro atoms. The van der Waals surface area contributed by atoms with E-state index in [0.717, 1.165) is 36.5 Å². The summed E-state index contributed by atoms with van der Waals surface area (Å²) in [6.45, 7) is 7.57. The van der Waals surface area contributed by atoms with Gasteiger partial charge in [-0.1, -0.05) is 12.1 Å². The van der Waals surface area contributed by atoms with Crippen LogP contribution in [0.2, 0.25) is 0 Å². The van der Waals surface area contributed by atoms with Crippen LogP contribution in [0, 0.1) is 11.8 Å². The summed E-state index contributed by atoms with van der Waals surface area (Å²) in [7, 11) is 0. The van der Waals surface area contributed by atoms with Crippen LogP contribution in [0.5, 0.6) is 0 Å². The fourth-order valence-electron chi connectivity index (χ4n) is 2.78. The van der Waals surface area contributed by atoms with E-state index >= 15 is 0 Å². The molecule has 2 aliphatic rings. The Labute approximate surface area is 95.2 Å². The maximum Gasteiger partial charge on any atom is 0.226 e. The van der Waals surface area contributed by atoms with Crippen molar-refractivity contribution in [1.29, 1.82) is 0 Å². The smallest absolute Gasteiger partial charge is 0.226 e. The van der Waals surface area contributed by atoms with Crippen LogP contribution in [-0.2, 0) is 13.0 Å². The molecule has 0 radical (unpaired) electrons. The number of nitrogens with one attached hydrogen (secondary N) is 1. The second-order valence-corrected chi connectivity index (χ2v) is 4.83.